The monoisotopic (exact) mass is 314 g/mol. The number of rotatable bonds is 5. The quantitative estimate of drug-likeness (QED) is 0.849. The lowest BCUT2D eigenvalue weighted by Gasteiger charge is -2.43. The SMILES string of the molecule is c1cncc(OC[C@]23CCO[C@H]2CCN(Cc2ccoc2)C3)c1. The van der Waals surface area contributed by atoms with Crippen molar-refractivity contribution in [3.05, 3.63) is 48.7 Å². The summed E-state index contributed by atoms with van der Waals surface area (Å²) in [5, 5.41) is 0. The fourth-order valence-corrected chi connectivity index (χ4v) is 3.78. The Labute approximate surface area is 136 Å². The van der Waals surface area contributed by atoms with Gasteiger partial charge in [0.25, 0.3) is 0 Å². The number of nitrogens with zero attached hydrogens (tertiary/aromatic N) is 2. The van der Waals surface area contributed by atoms with Gasteiger partial charge in [-0.2, -0.15) is 0 Å². The first-order chi connectivity index (χ1) is 11.3. The summed E-state index contributed by atoms with van der Waals surface area (Å²) in [5.74, 6) is 0.833. The van der Waals surface area contributed by atoms with E-state index in [9.17, 15) is 0 Å². The highest BCUT2D eigenvalue weighted by Gasteiger charge is 2.48. The fraction of sp³-hybridized carbons (Fsp3) is 0.500. The molecule has 122 valence electrons. The minimum atomic E-state index is 0.0812. The van der Waals surface area contributed by atoms with Crippen molar-refractivity contribution in [3.8, 4) is 5.75 Å². The lowest BCUT2D eigenvalue weighted by Crippen LogP contribution is -2.52. The van der Waals surface area contributed by atoms with Crippen LogP contribution in [0.2, 0.25) is 0 Å². The molecule has 0 unspecified atom stereocenters. The Morgan fingerprint density at radius 2 is 2.39 bits per heavy atom. The minimum Gasteiger partial charge on any atom is -0.491 e. The number of likely N-dealkylation sites (tertiary alicyclic amines) is 1. The molecule has 0 saturated carbocycles. The highest BCUT2D eigenvalue weighted by Crippen LogP contribution is 2.41. The molecule has 0 aromatic carbocycles. The van der Waals surface area contributed by atoms with Crippen LogP contribution in [0.5, 0.6) is 5.75 Å². The average molecular weight is 314 g/mol. The Kier molecular flexibility index (Phi) is 4.06. The third kappa shape index (κ3) is 3.12. The zero-order valence-corrected chi connectivity index (χ0v) is 13.2. The van der Waals surface area contributed by atoms with Gasteiger partial charge < -0.3 is 13.9 Å². The highest BCUT2D eigenvalue weighted by molar-refractivity contribution is 5.16. The van der Waals surface area contributed by atoms with Crippen molar-refractivity contribution >= 4 is 0 Å². The third-order valence-electron chi connectivity index (χ3n) is 4.99. The van der Waals surface area contributed by atoms with Crippen LogP contribution in [0, 0.1) is 5.41 Å². The number of hydrogen-bond acceptors (Lipinski definition) is 5. The zero-order chi connectivity index (χ0) is 15.5. The molecule has 5 nitrogen and oxygen atoms in total. The number of ether oxygens (including phenoxy) is 2. The first kappa shape index (κ1) is 14.7. The van der Waals surface area contributed by atoms with Crippen LogP contribution in [0.15, 0.2) is 47.5 Å². The smallest absolute Gasteiger partial charge is 0.137 e. The van der Waals surface area contributed by atoms with Crippen molar-refractivity contribution in [1.29, 1.82) is 0 Å². The molecule has 2 atom stereocenters. The van der Waals surface area contributed by atoms with E-state index in [1.54, 1.807) is 18.7 Å². The number of fused-ring (bicyclic) bond motifs is 1. The maximum Gasteiger partial charge on any atom is 0.137 e. The molecule has 0 bridgehead atoms. The molecule has 2 aromatic heterocycles. The molecule has 2 saturated heterocycles. The van der Waals surface area contributed by atoms with Crippen LogP contribution in [0.4, 0.5) is 0 Å². The summed E-state index contributed by atoms with van der Waals surface area (Å²) in [6.45, 7) is 4.51. The van der Waals surface area contributed by atoms with Gasteiger partial charge in [-0.05, 0) is 31.0 Å². The zero-order valence-electron chi connectivity index (χ0n) is 13.2. The van der Waals surface area contributed by atoms with Crippen LogP contribution in [-0.2, 0) is 11.3 Å². The Morgan fingerprint density at radius 3 is 3.22 bits per heavy atom. The van der Waals surface area contributed by atoms with Crippen LogP contribution in [0.25, 0.3) is 0 Å². The van der Waals surface area contributed by atoms with Crippen LogP contribution < -0.4 is 4.74 Å². The summed E-state index contributed by atoms with van der Waals surface area (Å²) in [6.07, 6.45) is 9.53. The second kappa shape index (κ2) is 6.34. The predicted octanol–water partition coefficient (Wildman–Crippen LogP) is 2.73. The number of pyridine rings is 1. The van der Waals surface area contributed by atoms with Crippen molar-refractivity contribution < 1.29 is 13.9 Å². The van der Waals surface area contributed by atoms with Crippen LogP contribution >= 0.6 is 0 Å². The highest BCUT2D eigenvalue weighted by atomic mass is 16.5. The molecule has 0 radical (unpaired) electrons. The standard InChI is InChI=1S/C18H22N2O3/c1-2-16(10-19-6-1)23-14-18-5-9-22-17(18)3-7-20(13-18)11-15-4-8-21-12-15/h1-2,4,6,8,10,12,17H,3,5,7,9,11,13-14H2/t17-,18+/m0/s1. The van der Waals surface area contributed by atoms with Gasteiger partial charge in [0.2, 0.25) is 0 Å². The predicted molar refractivity (Wildman–Crippen MR) is 85.1 cm³/mol. The average Bonchev–Trinajstić information content (AvgIpc) is 3.23. The van der Waals surface area contributed by atoms with Gasteiger partial charge in [-0.1, -0.05) is 0 Å². The molecule has 4 heterocycles. The molecule has 2 aromatic rings. The molecule has 0 spiro atoms. The molecule has 4 rings (SSSR count). The van der Waals surface area contributed by atoms with E-state index in [1.807, 2.05) is 24.5 Å². The van der Waals surface area contributed by atoms with Crippen LogP contribution in [0.1, 0.15) is 18.4 Å². The first-order valence-corrected chi connectivity index (χ1v) is 8.22. The fourth-order valence-electron chi connectivity index (χ4n) is 3.78. The van der Waals surface area contributed by atoms with Gasteiger partial charge in [0.15, 0.2) is 0 Å². The van der Waals surface area contributed by atoms with E-state index in [-0.39, 0.29) is 5.41 Å². The van der Waals surface area contributed by atoms with Gasteiger partial charge in [0.1, 0.15) is 5.75 Å². The van der Waals surface area contributed by atoms with Gasteiger partial charge in [0, 0.05) is 43.4 Å². The molecule has 2 fully saturated rings. The van der Waals surface area contributed by atoms with Crippen molar-refractivity contribution in [3.63, 3.8) is 0 Å². The summed E-state index contributed by atoms with van der Waals surface area (Å²) in [4.78, 5) is 6.61. The summed E-state index contributed by atoms with van der Waals surface area (Å²) in [6, 6.07) is 5.90. The molecule has 5 heteroatoms. The summed E-state index contributed by atoms with van der Waals surface area (Å²) in [7, 11) is 0. The molecule has 2 aliphatic heterocycles. The van der Waals surface area contributed by atoms with Crippen LogP contribution in [0.3, 0.4) is 0 Å². The van der Waals surface area contributed by atoms with Gasteiger partial charge in [0.05, 0.1) is 31.4 Å². The Balaban J connectivity index is 1.44. The summed E-state index contributed by atoms with van der Waals surface area (Å²) < 4.78 is 17.2. The molecular weight excluding hydrogens is 292 g/mol. The van der Waals surface area contributed by atoms with Crippen molar-refractivity contribution in [2.45, 2.75) is 25.5 Å². The van der Waals surface area contributed by atoms with Gasteiger partial charge in [-0.3, -0.25) is 9.88 Å². The lowest BCUT2D eigenvalue weighted by molar-refractivity contribution is -0.0414. The van der Waals surface area contributed by atoms with Gasteiger partial charge in [-0.25, -0.2) is 0 Å². The molecular formula is C18H22N2O3. The number of hydrogen-bond donors (Lipinski definition) is 0. The Morgan fingerprint density at radius 1 is 1.39 bits per heavy atom. The largest absolute Gasteiger partial charge is 0.491 e. The van der Waals surface area contributed by atoms with E-state index in [4.69, 9.17) is 13.9 Å². The molecule has 0 amide bonds. The van der Waals surface area contributed by atoms with E-state index in [1.165, 1.54) is 5.56 Å². The van der Waals surface area contributed by atoms with Gasteiger partial charge >= 0.3 is 0 Å². The third-order valence-corrected chi connectivity index (χ3v) is 4.99. The molecule has 0 N–H and O–H groups in total. The van der Waals surface area contributed by atoms with Crippen molar-refractivity contribution in [2.75, 3.05) is 26.3 Å². The van der Waals surface area contributed by atoms with E-state index in [0.29, 0.717) is 12.7 Å². The number of aromatic nitrogens is 1. The van der Waals surface area contributed by atoms with Gasteiger partial charge in [-0.15, -0.1) is 0 Å². The van der Waals surface area contributed by atoms with E-state index in [2.05, 4.69) is 9.88 Å². The second-order valence-electron chi connectivity index (χ2n) is 6.58. The molecule has 0 aliphatic carbocycles. The Hall–Kier alpha value is -1.85. The molecule has 2 aliphatic rings. The van der Waals surface area contributed by atoms with Crippen LogP contribution in [-0.4, -0.2) is 42.3 Å². The second-order valence-corrected chi connectivity index (χ2v) is 6.58. The summed E-state index contributed by atoms with van der Waals surface area (Å²) in [5.41, 5.74) is 1.31. The maximum absolute atomic E-state index is 6.05. The van der Waals surface area contributed by atoms with E-state index < -0.39 is 0 Å². The number of furan rings is 1. The Bertz CT molecular complexity index is 616. The number of piperidine rings is 1. The maximum atomic E-state index is 6.05. The van der Waals surface area contributed by atoms with E-state index in [0.717, 1.165) is 44.8 Å². The topological polar surface area (TPSA) is 47.7 Å². The normalized spacial score (nSPS) is 27.7. The molecule has 23 heavy (non-hydrogen) atoms. The van der Waals surface area contributed by atoms with Crippen molar-refractivity contribution in [1.82, 2.24) is 9.88 Å². The minimum absolute atomic E-state index is 0.0812. The van der Waals surface area contributed by atoms with Crippen molar-refractivity contribution in [2.24, 2.45) is 5.41 Å². The summed E-state index contributed by atoms with van der Waals surface area (Å²) >= 11 is 0. The first-order valence-electron chi connectivity index (χ1n) is 8.22. The lowest BCUT2D eigenvalue weighted by atomic mass is 9.77. The van der Waals surface area contributed by atoms with E-state index >= 15 is 0 Å².